The fraction of sp³-hybridized carbons (Fsp3) is 0.133. The number of rotatable bonds is 2. The van der Waals surface area contributed by atoms with E-state index in [1.54, 1.807) is 0 Å². The van der Waals surface area contributed by atoms with Crippen molar-refractivity contribution in [1.29, 1.82) is 0 Å². The Bertz CT molecular complexity index is 1260. The Hall–Kier alpha value is -3.31. The van der Waals surface area contributed by atoms with Gasteiger partial charge in [0.25, 0.3) is 0 Å². The number of hydrogen-bond donors (Lipinski definition) is 0. The second-order valence-electron chi connectivity index (χ2n) is 9.19. The third-order valence-electron chi connectivity index (χ3n) is 5.84. The molecule has 0 amide bonds. The van der Waals surface area contributed by atoms with Gasteiger partial charge in [-0.05, 0) is 45.4 Å². The van der Waals surface area contributed by atoms with Crippen molar-refractivity contribution in [3.63, 3.8) is 0 Å². The van der Waals surface area contributed by atoms with Crippen molar-refractivity contribution in [2.45, 2.75) is 26.2 Å². The Morgan fingerprint density at radius 2 is 0.875 bits per heavy atom. The molecule has 4 rings (SSSR count). The van der Waals surface area contributed by atoms with Crippen LogP contribution in [-0.2, 0) is 0 Å². The maximum atomic E-state index is 3.69. The molecule has 0 N–H and O–H groups in total. The number of hydrogen-bond acceptors (Lipinski definition) is 0. The Kier molecular flexibility index (Phi) is 6.20. The van der Waals surface area contributed by atoms with Gasteiger partial charge in [-0.25, -0.2) is 0 Å². The summed E-state index contributed by atoms with van der Waals surface area (Å²) in [4.78, 5) is 0. The van der Waals surface area contributed by atoms with Gasteiger partial charge in [-0.1, -0.05) is 111 Å². The highest BCUT2D eigenvalue weighted by Crippen LogP contribution is 2.18. The second-order valence-corrected chi connectivity index (χ2v) is 17.3. The summed E-state index contributed by atoms with van der Waals surface area (Å²) in [6.45, 7) is 9.44. The van der Waals surface area contributed by atoms with Gasteiger partial charge in [-0.2, -0.15) is 0 Å². The quantitative estimate of drug-likeness (QED) is 0.269. The van der Waals surface area contributed by atoms with Gasteiger partial charge in [-0.3, -0.25) is 0 Å². The summed E-state index contributed by atoms with van der Waals surface area (Å²) >= 11 is 0. The molecule has 4 aromatic rings. The molecule has 0 aliphatic carbocycles. The van der Waals surface area contributed by atoms with E-state index in [1.165, 1.54) is 21.1 Å². The molecule has 0 saturated carbocycles. The van der Waals surface area contributed by atoms with Gasteiger partial charge in [0.1, 0.15) is 0 Å². The second kappa shape index (κ2) is 9.05. The molecule has 32 heavy (non-hydrogen) atoms. The first-order valence-electron chi connectivity index (χ1n) is 11.1. The molecular weight excluding hydrogens is 417 g/mol. The topological polar surface area (TPSA) is 0 Å². The number of fused-ring (bicyclic) bond motifs is 1. The van der Waals surface area contributed by atoms with Crippen LogP contribution in [0.15, 0.2) is 97.1 Å². The van der Waals surface area contributed by atoms with Gasteiger partial charge >= 0.3 is 0 Å². The fourth-order valence-electron chi connectivity index (χ4n) is 4.02. The zero-order valence-corrected chi connectivity index (χ0v) is 21.2. The molecule has 4 aromatic carbocycles. The highest BCUT2D eigenvalue weighted by Gasteiger charge is 2.29. The molecule has 0 radical (unpaired) electrons. The SMILES string of the molecule is C[Si](C)(C#Cc1ccccc1)c1cccc2cccc([Si](C)(C)C#Cc3ccccc3)c12. The van der Waals surface area contributed by atoms with Crippen LogP contribution in [0.5, 0.6) is 0 Å². The molecular formula is C30H28Si2. The Balaban J connectivity index is 1.84. The minimum atomic E-state index is -2.01. The first kappa shape index (κ1) is 21.9. The molecule has 0 unspecified atom stereocenters. The van der Waals surface area contributed by atoms with Crippen molar-refractivity contribution >= 4 is 37.3 Å². The van der Waals surface area contributed by atoms with Crippen molar-refractivity contribution in [3.05, 3.63) is 108 Å². The summed E-state index contributed by atoms with van der Waals surface area (Å²) in [6.07, 6.45) is 0. The molecule has 0 aromatic heterocycles. The lowest BCUT2D eigenvalue weighted by Crippen LogP contribution is -2.47. The summed E-state index contributed by atoms with van der Waals surface area (Å²) in [5.41, 5.74) is 9.54. The van der Waals surface area contributed by atoms with Crippen LogP contribution >= 0.6 is 0 Å². The minimum Gasteiger partial charge on any atom is -0.121 e. The standard InChI is InChI=1S/C30H28Si2/c1-31(2,23-21-25-13-7-5-8-14-25)28-19-11-17-27-18-12-20-29(30(27)28)32(3,4)24-22-26-15-9-6-10-16-26/h5-20H,1-4H3. The fourth-order valence-corrected chi connectivity index (χ4v) is 8.16. The van der Waals surface area contributed by atoms with E-state index in [0.717, 1.165) is 11.1 Å². The smallest absolute Gasteiger partial charge is 0.121 e. The van der Waals surface area contributed by atoms with E-state index in [0.29, 0.717) is 0 Å². The zero-order valence-electron chi connectivity index (χ0n) is 19.2. The first-order chi connectivity index (χ1) is 15.4. The average Bonchev–Trinajstić information content (AvgIpc) is 2.82. The van der Waals surface area contributed by atoms with Crippen molar-refractivity contribution in [2.75, 3.05) is 0 Å². The van der Waals surface area contributed by atoms with Crippen LogP contribution in [0.1, 0.15) is 11.1 Å². The summed E-state index contributed by atoms with van der Waals surface area (Å²) in [5.74, 6) is 6.90. The van der Waals surface area contributed by atoms with Gasteiger partial charge in [0.2, 0.25) is 0 Å². The molecule has 0 aliphatic rings. The normalized spacial score (nSPS) is 11.2. The van der Waals surface area contributed by atoms with Gasteiger partial charge in [0.15, 0.2) is 16.1 Å². The summed E-state index contributed by atoms with van der Waals surface area (Å²) in [6, 6.07) is 34.0. The van der Waals surface area contributed by atoms with Crippen LogP contribution in [0.25, 0.3) is 10.8 Å². The summed E-state index contributed by atoms with van der Waals surface area (Å²) in [5, 5.41) is 5.50. The Labute approximate surface area is 194 Å². The average molecular weight is 445 g/mol. The van der Waals surface area contributed by atoms with E-state index in [-0.39, 0.29) is 0 Å². The van der Waals surface area contributed by atoms with Crippen LogP contribution in [0.3, 0.4) is 0 Å². The molecule has 2 heteroatoms. The van der Waals surface area contributed by atoms with E-state index in [9.17, 15) is 0 Å². The molecule has 0 heterocycles. The Morgan fingerprint density at radius 1 is 0.469 bits per heavy atom. The molecule has 0 aliphatic heterocycles. The van der Waals surface area contributed by atoms with E-state index >= 15 is 0 Å². The lowest BCUT2D eigenvalue weighted by molar-refractivity contribution is 1.65. The predicted octanol–water partition coefficient (Wildman–Crippen LogP) is 5.85. The lowest BCUT2D eigenvalue weighted by atomic mass is 10.1. The van der Waals surface area contributed by atoms with Gasteiger partial charge in [0, 0.05) is 11.1 Å². The highest BCUT2D eigenvalue weighted by molar-refractivity contribution is 7.01. The first-order valence-corrected chi connectivity index (χ1v) is 17.1. The van der Waals surface area contributed by atoms with E-state index in [4.69, 9.17) is 0 Å². The van der Waals surface area contributed by atoms with E-state index < -0.39 is 16.1 Å². The van der Waals surface area contributed by atoms with Crippen LogP contribution in [-0.4, -0.2) is 16.1 Å². The highest BCUT2D eigenvalue weighted by atomic mass is 28.3. The molecule has 0 fully saturated rings. The van der Waals surface area contributed by atoms with Gasteiger partial charge in [0.05, 0.1) is 0 Å². The third-order valence-corrected chi connectivity index (χ3v) is 10.9. The van der Waals surface area contributed by atoms with E-state index in [2.05, 4.69) is 110 Å². The zero-order chi connectivity index (χ0) is 22.6. The third kappa shape index (κ3) is 4.78. The van der Waals surface area contributed by atoms with Gasteiger partial charge in [-0.15, -0.1) is 11.1 Å². The van der Waals surface area contributed by atoms with Crippen molar-refractivity contribution in [3.8, 4) is 22.9 Å². The molecule has 0 atom stereocenters. The van der Waals surface area contributed by atoms with Crippen molar-refractivity contribution < 1.29 is 0 Å². The van der Waals surface area contributed by atoms with Crippen molar-refractivity contribution in [1.82, 2.24) is 0 Å². The van der Waals surface area contributed by atoms with Crippen LogP contribution in [0, 0.1) is 22.9 Å². The minimum absolute atomic E-state index is 1.08. The Morgan fingerprint density at radius 3 is 1.28 bits per heavy atom. The largest absolute Gasteiger partial charge is 0.163 e. The summed E-state index contributed by atoms with van der Waals surface area (Å²) < 4.78 is 0. The van der Waals surface area contributed by atoms with Gasteiger partial charge < -0.3 is 0 Å². The maximum Gasteiger partial charge on any atom is 0.163 e. The van der Waals surface area contributed by atoms with Crippen molar-refractivity contribution in [2.24, 2.45) is 0 Å². The predicted molar refractivity (Wildman–Crippen MR) is 145 cm³/mol. The molecule has 0 spiro atoms. The maximum absolute atomic E-state index is 3.69. The van der Waals surface area contributed by atoms with Crippen LogP contribution in [0.4, 0.5) is 0 Å². The molecule has 0 bridgehead atoms. The van der Waals surface area contributed by atoms with Crippen LogP contribution < -0.4 is 10.4 Å². The van der Waals surface area contributed by atoms with E-state index in [1.807, 2.05) is 36.4 Å². The number of benzene rings is 4. The monoisotopic (exact) mass is 444 g/mol. The molecule has 0 nitrogen and oxygen atoms in total. The lowest BCUT2D eigenvalue weighted by Gasteiger charge is -2.24. The molecule has 156 valence electrons. The van der Waals surface area contributed by atoms with Crippen LogP contribution in [0.2, 0.25) is 26.2 Å². The molecule has 0 saturated heterocycles. The summed E-state index contributed by atoms with van der Waals surface area (Å²) in [7, 11) is -4.02.